The van der Waals surface area contributed by atoms with Gasteiger partial charge < -0.3 is 14.5 Å². The molecule has 0 radical (unpaired) electrons. The van der Waals surface area contributed by atoms with Gasteiger partial charge in [-0.05, 0) is 77.0 Å². The fraction of sp³-hybridized carbons (Fsp3) is 0.800. The van der Waals surface area contributed by atoms with E-state index in [2.05, 4.69) is 49.6 Å². The van der Waals surface area contributed by atoms with Crippen LogP contribution in [0.3, 0.4) is 0 Å². The maximum atomic E-state index is 6.08. The van der Waals surface area contributed by atoms with Gasteiger partial charge in [0.05, 0.1) is 0 Å². The Morgan fingerprint density at radius 2 is 0.481 bits per heavy atom. The maximum absolute atomic E-state index is 6.08. The van der Waals surface area contributed by atoms with E-state index < -0.39 is 0 Å². The van der Waals surface area contributed by atoms with E-state index in [4.69, 9.17) is 14.5 Å². The Balaban J connectivity index is 1.44. The molecule has 3 aliphatic carbocycles. The lowest BCUT2D eigenvalue weighted by Gasteiger charge is -2.15. The summed E-state index contributed by atoms with van der Waals surface area (Å²) in [5.74, 6) is 0. The molecule has 0 bridgehead atoms. The SMILES string of the molecule is C1=C(NOc2nc(ONC3=CCCCCCCCCCCCC3)nc(ONC3=CCCCCCCCCCCCC3)n2)CCCCCCCCCCCC1. The Kier molecular flexibility index (Phi) is 24.5. The highest BCUT2D eigenvalue weighted by Gasteiger charge is 2.14. The van der Waals surface area contributed by atoms with Gasteiger partial charge >= 0.3 is 18.0 Å². The Labute approximate surface area is 329 Å². The van der Waals surface area contributed by atoms with Gasteiger partial charge in [0.2, 0.25) is 0 Å². The van der Waals surface area contributed by atoms with E-state index in [0.29, 0.717) is 0 Å². The van der Waals surface area contributed by atoms with Gasteiger partial charge in [0.1, 0.15) is 0 Å². The average molecular weight is 751 g/mol. The highest BCUT2D eigenvalue weighted by Crippen LogP contribution is 2.21. The van der Waals surface area contributed by atoms with Crippen LogP contribution in [0, 0.1) is 0 Å². The van der Waals surface area contributed by atoms with Crippen LogP contribution < -0.4 is 31.0 Å². The van der Waals surface area contributed by atoms with E-state index in [1.807, 2.05) is 0 Å². The number of aromatic nitrogens is 3. The molecule has 306 valence electrons. The number of hydrogen-bond acceptors (Lipinski definition) is 9. The van der Waals surface area contributed by atoms with E-state index in [0.717, 1.165) is 74.9 Å². The molecule has 4 rings (SSSR count). The summed E-state index contributed by atoms with van der Waals surface area (Å²) in [7, 11) is 0. The second kappa shape index (κ2) is 30.3. The first-order valence-corrected chi connectivity index (χ1v) is 23.0. The molecule has 3 N–H and O–H groups in total. The van der Waals surface area contributed by atoms with Gasteiger partial charge in [-0.1, -0.05) is 172 Å². The molecule has 1 aromatic heterocycles. The van der Waals surface area contributed by atoms with Gasteiger partial charge in [-0.3, -0.25) is 0 Å². The predicted molar refractivity (Wildman–Crippen MR) is 222 cm³/mol. The lowest BCUT2D eigenvalue weighted by atomic mass is 10.0. The minimum Gasteiger partial charge on any atom is -0.340 e. The van der Waals surface area contributed by atoms with Crippen molar-refractivity contribution in [2.24, 2.45) is 0 Å². The first kappa shape index (κ1) is 43.8. The van der Waals surface area contributed by atoms with Crippen molar-refractivity contribution in [3.63, 3.8) is 0 Å². The van der Waals surface area contributed by atoms with Crippen molar-refractivity contribution in [2.75, 3.05) is 0 Å². The Hall–Kier alpha value is -2.97. The zero-order valence-corrected chi connectivity index (χ0v) is 34.3. The molecule has 9 nitrogen and oxygen atoms in total. The summed E-state index contributed by atoms with van der Waals surface area (Å²) in [5.41, 5.74) is 12.9. The molecule has 0 saturated carbocycles. The average Bonchev–Trinajstić information content (AvgIpc) is 3.18. The van der Waals surface area contributed by atoms with Crippen LogP contribution in [0.15, 0.2) is 35.3 Å². The van der Waals surface area contributed by atoms with Crippen LogP contribution in [0.1, 0.15) is 231 Å². The smallest absolute Gasteiger partial charge is 0.340 e. The van der Waals surface area contributed by atoms with Gasteiger partial charge in [0, 0.05) is 17.1 Å². The summed E-state index contributed by atoms with van der Waals surface area (Å²) in [6.07, 6.45) is 51.8. The van der Waals surface area contributed by atoms with E-state index >= 15 is 0 Å². The first-order chi connectivity index (χ1) is 26.8. The van der Waals surface area contributed by atoms with E-state index in [9.17, 15) is 0 Å². The molecule has 1 aromatic rings. The van der Waals surface area contributed by atoms with Gasteiger partial charge in [-0.15, -0.1) is 15.0 Å². The third kappa shape index (κ3) is 21.8. The molecular formula is C45H78N6O3. The van der Waals surface area contributed by atoms with Crippen molar-refractivity contribution >= 4 is 0 Å². The lowest BCUT2D eigenvalue weighted by molar-refractivity contribution is 0.155. The highest BCUT2D eigenvalue weighted by molar-refractivity contribution is 5.11. The van der Waals surface area contributed by atoms with Crippen molar-refractivity contribution < 1.29 is 14.5 Å². The number of nitrogens with one attached hydrogen (secondary N) is 3. The number of hydroxylamine groups is 3. The summed E-state index contributed by atoms with van der Waals surface area (Å²) in [4.78, 5) is 31.9. The number of rotatable bonds is 9. The molecule has 3 aliphatic rings. The lowest BCUT2D eigenvalue weighted by Crippen LogP contribution is -2.24. The Bertz CT molecular complexity index is 1030. The summed E-state index contributed by atoms with van der Waals surface area (Å²) < 4.78 is 0. The number of nitrogens with zero attached hydrogens (tertiary/aromatic N) is 3. The van der Waals surface area contributed by atoms with Crippen molar-refractivity contribution in [1.82, 2.24) is 31.4 Å². The van der Waals surface area contributed by atoms with Crippen LogP contribution >= 0.6 is 0 Å². The topological polar surface area (TPSA) is 102 Å². The van der Waals surface area contributed by atoms with Crippen LogP contribution in [-0.2, 0) is 0 Å². The van der Waals surface area contributed by atoms with Gasteiger partial charge in [0.25, 0.3) is 0 Å². The van der Waals surface area contributed by atoms with Gasteiger partial charge in [0.15, 0.2) is 0 Å². The van der Waals surface area contributed by atoms with E-state index in [1.54, 1.807) is 0 Å². The zero-order chi connectivity index (χ0) is 37.4. The second-order valence-electron chi connectivity index (χ2n) is 16.2. The molecule has 0 atom stereocenters. The van der Waals surface area contributed by atoms with Gasteiger partial charge in [-0.25, -0.2) is 16.4 Å². The molecule has 0 unspecified atom stereocenters. The zero-order valence-electron chi connectivity index (χ0n) is 34.3. The fourth-order valence-electron chi connectivity index (χ4n) is 7.83. The fourth-order valence-corrected chi connectivity index (χ4v) is 7.83. The summed E-state index contributed by atoms with van der Waals surface area (Å²) in [6, 6.07) is 0.372. The maximum Gasteiger partial charge on any atom is 0.352 e. The highest BCUT2D eigenvalue weighted by atomic mass is 16.7. The Morgan fingerprint density at radius 1 is 0.278 bits per heavy atom. The minimum absolute atomic E-state index is 0.124. The monoisotopic (exact) mass is 751 g/mol. The van der Waals surface area contributed by atoms with Crippen LogP contribution in [0.2, 0.25) is 0 Å². The summed E-state index contributed by atoms with van der Waals surface area (Å²) in [6.45, 7) is 0. The molecule has 0 saturated heterocycles. The third-order valence-electron chi connectivity index (χ3n) is 11.3. The number of hydrogen-bond donors (Lipinski definition) is 3. The summed E-state index contributed by atoms with van der Waals surface area (Å²) >= 11 is 0. The molecule has 0 fully saturated rings. The minimum atomic E-state index is 0.124. The van der Waals surface area contributed by atoms with Crippen LogP contribution in [0.5, 0.6) is 18.0 Å². The molecule has 9 heteroatoms. The first-order valence-electron chi connectivity index (χ1n) is 23.0. The molecule has 0 aromatic carbocycles. The molecule has 0 spiro atoms. The second-order valence-corrected chi connectivity index (χ2v) is 16.2. The van der Waals surface area contributed by atoms with Gasteiger partial charge in [-0.2, -0.15) is 0 Å². The molecule has 1 heterocycles. The predicted octanol–water partition coefficient (Wildman–Crippen LogP) is 13.3. The molecule has 54 heavy (non-hydrogen) atoms. The van der Waals surface area contributed by atoms with E-state index in [1.165, 1.54) is 173 Å². The quantitative estimate of drug-likeness (QED) is 0.213. The Morgan fingerprint density at radius 3 is 0.722 bits per heavy atom. The van der Waals surface area contributed by atoms with Crippen LogP contribution in [0.25, 0.3) is 0 Å². The molecule has 0 aliphatic heterocycles. The van der Waals surface area contributed by atoms with Crippen molar-refractivity contribution in [3.8, 4) is 18.0 Å². The van der Waals surface area contributed by atoms with Crippen molar-refractivity contribution in [1.29, 1.82) is 0 Å². The molecular weight excluding hydrogens is 673 g/mol. The van der Waals surface area contributed by atoms with Crippen molar-refractivity contribution in [3.05, 3.63) is 35.3 Å². The number of allylic oxidation sites excluding steroid dienone is 6. The summed E-state index contributed by atoms with van der Waals surface area (Å²) in [5, 5.41) is 0. The largest absolute Gasteiger partial charge is 0.352 e. The van der Waals surface area contributed by atoms with E-state index in [-0.39, 0.29) is 18.0 Å². The van der Waals surface area contributed by atoms with Crippen molar-refractivity contribution in [2.45, 2.75) is 231 Å². The normalized spacial score (nSPS) is 21.2. The standard InChI is InChI=1S/C45H78N6O3/c1-4-10-16-22-28-34-40(35-29-23-17-11-5-1)49-52-43-46-44(53-50-41-36-30-24-18-12-6-2-7-13-19-25-31-37-41)48-45(47-43)54-51-42-38-32-26-20-14-8-3-9-15-21-27-33-39-42/h34,36,38,49-51H,1-33,35,37,39H2. The third-order valence-corrected chi connectivity index (χ3v) is 11.3. The van der Waals surface area contributed by atoms with Crippen LogP contribution in [0.4, 0.5) is 0 Å². The molecule has 0 amide bonds. The van der Waals surface area contributed by atoms with Crippen LogP contribution in [-0.4, -0.2) is 15.0 Å².